The van der Waals surface area contributed by atoms with Gasteiger partial charge >= 0.3 is 0 Å². The number of nitrogens with one attached hydrogen (secondary N) is 2. The molecule has 0 aliphatic heterocycles. The Balaban J connectivity index is 1.63. The highest BCUT2D eigenvalue weighted by Crippen LogP contribution is 2.23. The maximum atomic E-state index is 12.6. The number of amides is 1. The summed E-state index contributed by atoms with van der Waals surface area (Å²) in [4.78, 5) is 12.6. The molecule has 0 spiro atoms. The van der Waals surface area contributed by atoms with Crippen molar-refractivity contribution in [3.63, 3.8) is 0 Å². The van der Waals surface area contributed by atoms with Crippen molar-refractivity contribution in [1.29, 1.82) is 0 Å². The number of nitrogens with zero attached hydrogens (tertiary/aromatic N) is 4. The maximum Gasteiger partial charge on any atom is 0.253 e. The summed E-state index contributed by atoms with van der Waals surface area (Å²) in [7, 11) is 0. The van der Waals surface area contributed by atoms with Crippen molar-refractivity contribution in [2.45, 2.75) is 37.3 Å². The van der Waals surface area contributed by atoms with E-state index in [1.807, 2.05) is 73.0 Å². The van der Waals surface area contributed by atoms with Crippen LogP contribution in [0, 0.1) is 0 Å². The fraction of sp³-hybridized carbons (Fsp3) is 0.217. The van der Waals surface area contributed by atoms with E-state index >= 15 is 0 Å². The second-order valence-corrected chi connectivity index (χ2v) is 8.70. The maximum absolute atomic E-state index is 12.6. The van der Waals surface area contributed by atoms with Gasteiger partial charge in [0.1, 0.15) is 0 Å². The van der Waals surface area contributed by atoms with Gasteiger partial charge < -0.3 is 9.88 Å². The Morgan fingerprint density at radius 2 is 1.94 bits per heavy atom. The van der Waals surface area contributed by atoms with Crippen LogP contribution in [0.2, 0.25) is 5.02 Å². The molecular formula is C23H25ClN6OS. The predicted molar refractivity (Wildman–Crippen MR) is 131 cm³/mol. The van der Waals surface area contributed by atoms with Gasteiger partial charge in [0.25, 0.3) is 5.91 Å². The fourth-order valence-electron chi connectivity index (χ4n) is 2.78. The van der Waals surface area contributed by atoms with E-state index in [2.05, 4.69) is 32.6 Å². The average molecular weight is 469 g/mol. The number of thioether (sulfide) groups is 1. The van der Waals surface area contributed by atoms with Crippen molar-refractivity contribution in [2.75, 3.05) is 5.32 Å². The highest BCUT2D eigenvalue weighted by Gasteiger charge is 2.20. The Morgan fingerprint density at radius 1 is 1.22 bits per heavy atom. The lowest BCUT2D eigenvalue weighted by Crippen LogP contribution is -2.28. The van der Waals surface area contributed by atoms with Crippen LogP contribution in [0.15, 0.2) is 77.5 Å². The molecule has 0 saturated carbocycles. The zero-order chi connectivity index (χ0) is 22.9. The van der Waals surface area contributed by atoms with Gasteiger partial charge in [-0.3, -0.25) is 4.79 Å². The standard InChI is InChI=1S/C23H25ClN6OS/c1-4-14-30-21(15-25-20-12-10-19(24)11-13-20)27-29-23(30)32-17(3)22(31)28-26-16(2)18-8-6-5-7-9-18/h4-13,17,25H,1,14-15H2,2-3H3,(H,28,31)/b26-16-/t17-/m1/s1. The number of allylic oxidation sites excluding steroid dienone is 1. The Hall–Kier alpha value is -3.10. The van der Waals surface area contributed by atoms with Crippen LogP contribution in [-0.2, 0) is 17.9 Å². The zero-order valence-corrected chi connectivity index (χ0v) is 19.5. The minimum atomic E-state index is -0.410. The topological polar surface area (TPSA) is 84.2 Å². The molecule has 1 heterocycles. The van der Waals surface area contributed by atoms with Crippen molar-refractivity contribution >= 4 is 40.7 Å². The van der Waals surface area contributed by atoms with Gasteiger partial charge in [-0.1, -0.05) is 59.8 Å². The fourth-order valence-corrected chi connectivity index (χ4v) is 3.78. The van der Waals surface area contributed by atoms with Crippen molar-refractivity contribution in [3.8, 4) is 0 Å². The van der Waals surface area contributed by atoms with Crippen LogP contribution >= 0.6 is 23.4 Å². The third-order valence-electron chi connectivity index (χ3n) is 4.58. The summed E-state index contributed by atoms with van der Waals surface area (Å²) in [5.41, 5.74) is 5.26. The van der Waals surface area contributed by atoms with E-state index in [0.717, 1.165) is 22.8 Å². The van der Waals surface area contributed by atoms with Crippen LogP contribution in [0.5, 0.6) is 0 Å². The highest BCUT2D eigenvalue weighted by atomic mass is 35.5. The lowest BCUT2D eigenvalue weighted by molar-refractivity contribution is -0.120. The quantitative estimate of drug-likeness (QED) is 0.194. The van der Waals surface area contributed by atoms with Crippen LogP contribution in [0.4, 0.5) is 5.69 Å². The van der Waals surface area contributed by atoms with Crippen LogP contribution in [0.25, 0.3) is 0 Å². The molecule has 32 heavy (non-hydrogen) atoms. The lowest BCUT2D eigenvalue weighted by Gasteiger charge is -2.12. The van der Waals surface area contributed by atoms with Crippen LogP contribution in [0.3, 0.4) is 0 Å². The van der Waals surface area contributed by atoms with E-state index in [9.17, 15) is 4.79 Å². The van der Waals surface area contributed by atoms with Crippen molar-refractivity contribution < 1.29 is 4.79 Å². The number of hydrazone groups is 1. The van der Waals surface area contributed by atoms with Gasteiger partial charge in [-0.05, 0) is 43.7 Å². The molecule has 1 amide bonds. The molecular weight excluding hydrogens is 444 g/mol. The van der Waals surface area contributed by atoms with Crippen molar-refractivity contribution in [3.05, 3.63) is 83.7 Å². The van der Waals surface area contributed by atoms with Crippen molar-refractivity contribution in [1.82, 2.24) is 20.2 Å². The summed E-state index contributed by atoms with van der Waals surface area (Å²) in [5.74, 6) is 0.534. The van der Waals surface area contributed by atoms with E-state index in [-0.39, 0.29) is 5.91 Å². The summed E-state index contributed by atoms with van der Waals surface area (Å²) in [6.45, 7) is 8.50. The van der Waals surface area contributed by atoms with Gasteiger partial charge in [-0.2, -0.15) is 5.10 Å². The molecule has 3 rings (SSSR count). The molecule has 1 atom stereocenters. The number of hydrogen-bond acceptors (Lipinski definition) is 6. The van der Waals surface area contributed by atoms with E-state index in [1.54, 1.807) is 6.08 Å². The second kappa shape index (κ2) is 11.5. The van der Waals surface area contributed by atoms with Crippen molar-refractivity contribution in [2.24, 2.45) is 5.10 Å². The summed E-state index contributed by atoms with van der Waals surface area (Å²) < 4.78 is 1.93. The summed E-state index contributed by atoms with van der Waals surface area (Å²) in [6, 6.07) is 17.1. The van der Waals surface area contributed by atoms with Gasteiger partial charge in [0, 0.05) is 17.3 Å². The number of rotatable bonds is 10. The number of halogens is 1. The minimum Gasteiger partial charge on any atom is -0.378 e. The Bertz CT molecular complexity index is 1080. The molecule has 3 aromatic rings. The number of carbonyl (C=O) groups excluding carboxylic acids is 1. The molecule has 0 radical (unpaired) electrons. The van der Waals surface area contributed by atoms with Gasteiger partial charge in [0.2, 0.25) is 0 Å². The largest absolute Gasteiger partial charge is 0.378 e. The first-order valence-corrected chi connectivity index (χ1v) is 11.3. The molecule has 0 aliphatic rings. The summed E-state index contributed by atoms with van der Waals surface area (Å²) in [5, 5.41) is 17.0. The number of hydrogen-bond donors (Lipinski definition) is 2. The SMILES string of the molecule is C=CCn1c(CNc2ccc(Cl)cc2)nnc1S[C@H](C)C(=O)N/N=C(/C)c1ccccc1. The molecule has 0 aliphatic carbocycles. The van der Waals surface area contributed by atoms with Gasteiger partial charge in [0.05, 0.1) is 17.5 Å². The van der Waals surface area contributed by atoms with Crippen LogP contribution in [-0.4, -0.2) is 31.6 Å². The minimum absolute atomic E-state index is 0.209. The molecule has 9 heteroatoms. The molecule has 0 saturated heterocycles. The molecule has 7 nitrogen and oxygen atoms in total. The average Bonchev–Trinajstić information content (AvgIpc) is 3.18. The van der Waals surface area contributed by atoms with Crippen LogP contribution in [0.1, 0.15) is 25.2 Å². The first-order chi connectivity index (χ1) is 15.5. The van der Waals surface area contributed by atoms with Crippen LogP contribution < -0.4 is 10.7 Å². The Labute approximate surface area is 197 Å². The molecule has 166 valence electrons. The van der Waals surface area contributed by atoms with E-state index in [4.69, 9.17) is 11.6 Å². The Kier molecular flexibility index (Phi) is 8.47. The smallest absolute Gasteiger partial charge is 0.253 e. The molecule has 0 fully saturated rings. The molecule has 1 aromatic heterocycles. The van der Waals surface area contributed by atoms with Gasteiger partial charge in [-0.25, -0.2) is 5.43 Å². The molecule has 0 unspecified atom stereocenters. The first-order valence-electron chi connectivity index (χ1n) is 10.1. The molecule has 2 aromatic carbocycles. The summed E-state index contributed by atoms with van der Waals surface area (Å²) in [6.07, 6.45) is 1.78. The predicted octanol–water partition coefficient (Wildman–Crippen LogP) is 4.75. The van der Waals surface area contributed by atoms with E-state index in [1.165, 1.54) is 11.8 Å². The third kappa shape index (κ3) is 6.45. The lowest BCUT2D eigenvalue weighted by atomic mass is 10.1. The summed E-state index contributed by atoms with van der Waals surface area (Å²) >= 11 is 7.26. The monoisotopic (exact) mass is 468 g/mol. The third-order valence-corrected chi connectivity index (χ3v) is 5.91. The molecule has 0 bridgehead atoms. The highest BCUT2D eigenvalue weighted by molar-refractivity contribution is 8.00. The Morgan fingerprint density at radius 3 is 2.62 bits per heavy atom. The number of aromatic nitrogens is 3. The number of carbonyl (C=O) groups is 1. The zero-order valence-electron chi connectivity index (χ0n) is 18.0. The number of anilines is 1. The van der Waals surface area contributed by atoms with E-state index in [0.29, 0.717) is 23.3 Å². The van der Waals surface area contributed by atoms with Gasteiger partial charge in [-0.15, -0.1) is 16.8 Å². The number of benzene rings is 2. The van der Waals surface area contributed by atoms with Gasteiger partial charge in [0.15, 0.2) is 11.0 Å². The normalized spacial score (nSPS) is 12.3. The second-order valence-electron chi connectivity index (χ2n) is 6.96. The van der Waals surface area contributed by atoms with E-state index < -0.39 is 5.25 Å². The first kappa shape index (κ1) is 23.6. The molecule has 2 N–H and O–H groups in total.